The highest BCUT2D eigenvalue weighted by Gasteiger charge is 2.14. The molecule has 1 aromatic heterocycles. The first kappa shape index (κ1) is 22.9. The van der Waals surface area contributed by atoms with Gasteiger partial charge in [0.15, 0.2) is 4.77 Å². The van der Waals surface area contributed by atoms with E-state index in [2.05, 4.69) is 10.6 Å². The quantitative estimate of drug-likeness (QED) is 0.330. The zero-order valence-corrected chi connectivity index (χ0v) is 19.1. The van der Waals surface area contributed by atoms with Gasteiger partial charge in [-0.1, -0.05) is 25.1 Å². The van der Waals surface area contributed by atoms with Gasteiger partial charge in [-0.2, -0.15) is 0 Å². The highest BCUT2D eigenvalue weighted by atomic mass is 32.1. The van der Waals surface area contributed by atoms with Crippen LogP contribution in [0, 0.1) is 4.77 Å². The number of nitrogens with zero attached hydrogens (tertiary/aromatic N) is 2. The van der Waals surface area contributed by atoms with Crippen molar-refractivity contribution >= 4 is 46.5 Å². The number of amides is 2. The summed E-state index contributed by atoms with van der Waals surface area (Å²) in [4.78, 5) is 37.1. The molecule has 34 heavy (non-hydrogen) atoms. The van der Waals surface area contributed by atoms with E-state index in [0.29, 0.717) is 39.3 Å². The minimum absolute atomic E-state index is 0.112. The van der Waals surface area contributed by atoms with Gasteiger partial charge in [0, 0.05) is 17.9 Å². The predicted molar refractivity (Wildman–Crippen MR) is 135 cm³/mol. The van der Waals surface area contributed by atoms with Gasteiger partial charge in [0.05, 0.1) is 22.2 Å². The summed E-state index contributed by atoms with van der Waals surface area (Å²) in [5.74, 6) is -1.05. The zero-order chi connectivity index (χ0) is 24.2. The molecule has 3 aromatic carbocycles. The van der Waals surface area contributed by atoms with Crippen LogP contribution in [0.3, 0.4) is 0 Å². The molecule has 172 valence electrons. The molecule has 1 heterocycles. The highest BCUT2D eigenvalue weighted by Crippen LogP contribution is 2.20. The minimum Gasteiger partial charge on any atom is -0.478 e. The fourth-order valence-electron chi connectivity index (χ4n) is 3.69. The van der Waals surface area contributed by atoms with Gasteiger partial charge in [-0.05, 0) is 73.2 Å². The second kappa shape index (κ2) is 9.72. The number of benzene rings is 3. The Morgan fingerprint density at radius 1 is 0.941 bits per heavy atom. The third kappa shape index (κ3) is 4.60. The Labute approximate surface area is 200 Å². The number of carbonyl (C=O) groups excluding carboxylic acids is 1. The summed E-state index contributed by atoms with van der Waals surface area (Å²) in [6, 6.07) is 19.7. The third-order valence-corrected chi connectivity index (χ3v) is 5.66. The highest BCUT2D eigenvalue weighted by molar-refractivity contribution is 7.71. The number of carboxylic acids is 1. The van der Waals surface area contributed by atoms with Gasteiger partial charge in [-0.15, -0.1) is 0 Å². The topological polar surface area (TPSA) is 105 Å². The summed E-state index contributed by atoms with van der Waals surface area (Å²) in [5.41, 5.74) is 1.97. The zero-order valence-electron chi connectivity index (χ0n) is 18.3. The van der Waals surface area contributed by atoms with Gasteiger partial charge in [0.1, 0.15) is 0 Å². The molecule has 0 saturated heterocycles. The van der Waals surface area contributed by atoms with E-state index in [1.54, 1.807) is 42.5 Å². The number of rotatable bonds is 6. The molecule has 3 N–H and O–H groups in total. The normalized spacial score (nSPS) is 10.7. The van der Waals surface area contributed by atoms with E-state index in [1.165, 1.54) is 16.7 Å². The number of hydrogen-bond acceptors (Lipinski definition) is 4. The van der Waals surface area contributed by atoms with E-state index in [1.807, 2.05) is 29.7 Å². The van der Waals surface area contributed by atoms with E-state index in [-0.39, 0.29) is 11.1 Å². The van der Waals surface area contributed by atoms with Crippen LogP contribution in [0.2, 0.25) is 0 Å². The lowest BCUT2D eigenvalue weighted by molar-refractivity contribution is 0.0697. The van der Waals surface area contributed by atoms with Crippen molar-refractivity contribution < 1.29 is 14.7 Å². The van der Waals surface area contributed by atoms with Crippen LogP contribution in [0.25, 0.3) is 16.6 Å². The van der Waals surface area contributed by atoms with Crippen molar-refractivity contribution in [3.63, 3.8) is 0 Å². The van der Waals surface area contributed by atoms with Gasteiger partial charge in [-0.25, -0.2) is 9.59 Å². The average Bonchev–Trinajstić information content (AvgIpc) is 2.83. The number of urea groups is 1. The molecule has 0 saturated carbocycles. The first-order chi connectivity index (χ1) is 16.4. The summed E-state index contributed by atoms with van der Waals surface area (Å²) in [7, 11) is 0. The molecular formula is C25H22N4O4S. The number of aromatic carboxylic acids is 1. The number of anilines is 2. The number of aryl methyl sites for hydroxylation is 1. The van der Waals surface area contributed by atoms with Gasteiger partial charge in [0.2, 0.25) is 0 Å². The molecule has 4 rings (SSSR count). The van der Waals surface area contributed by atoms with E-state index in [4.69, 9.17) is 12.2 Å². The monoisotopic (exact) mass is 474 g/mol. The number of aromatic nitrogens is 2. The minimum atomic E-state index is -1.05. The number of carbonyl (C=O) groups is 2. The molecule has 0 aliphatic heterocycles. The second-order valence-corrected chi connectivity index (χ2v) is 7.97. The van der Waals surface area contributed by atoms with E-state index in [9.17, 15) is 19.5 Å². The Morgan fingerprint density at radius 2 is 1.62 bits per heavy atom. The summed E-state index contributed by atoms with van der Waals surface area (Å²) < 4.78 is 3.56. The van der Waals surface area contributed by atoms with Crippen LogP contribution in [0.4, 0.5) is 16.2 Å². The Balaban J connectivity index is 1.79. The molecule has 9 heteroatoms. The van der Waals surface area contributed by atoms with Gasteiger partial charge < -0.3 is 20.3 Å². The van der Waals surface area contributed by atoms with Crippen molar-refractivity contribution in [1.82, 2.24) is 9.13 Å². The first-order valence-electron chi connectivity index (χ1n) is 10.7. The number of nitrogens with one attached hydrogen (secondary N) is 2. The SMILES string of the molecule is CCCn1c(=S)n(-c2ccc(C(=O)O)cc2)c(=O)c2cc(NC(=O)Nc3ccccc3)ccc21. The predicted octanol–water partition coefficient (Wildman–Crippen LogP) is 5.27. The standard InChI is InChI=1S/C25H22N4O4S/c1-2-14-28-21-13-10-18(27-24(33)26-17-6-4-3-5-7-17)15-20(21)22(30)29(25(28)34)19-11-8-16(9-12-19)23(31)32/h3-13,15H,2,14H2,1H3,(H,31,32)(H2,26,27,33). The number of fused-ring (bicyclic) bond motifs is 1. The van der Waals surface area contributed by atoms with E-state index in [0.717, 1.165) is 6.42 Å². The molecule has 0 spiro atoms. The third-order valence-electron chi connectivity index (χ3n) is 5.25. The average molecular weight is 475 g/mol. The summed E-state index contributed by atoms with van der Waals surface area (Å²) >= 11 is 5.64. The lowest BCUT2D eigenvalue weighted by atomic mass is 10.2. The number of carboxylic acid groups (broad SMARTS) is 1. The number of hydrogen-bond donors (Lipinski definition) is 3. The molecule has 4 aromatic rings. The summed E-state index contributed by atoms with van der Waals surface area (Å²) in [6.07, 6.45) is 0.791. The van der Waals surface area contributed by atoms with E-state index < -0.39 is 12.0 Å². The van der Waals surface area contributed by atoms with Crippen molar-refractivity contribution in [2.75, 3.05) is 10.6 Å². The molecule has 0 radical (unpaired) electrons. The van der Waals surface area contributed by atoms with Gasteiger partial charge in [-0.3, -0.25) is 9.36 Å². The van der Waals surface area contributed by atoms with Crippen LogP contribution in [0.5, 0.6) is 0 Å². The van der Waals surface area contributed by atoms with Crippen LogP contribution in [0.15, 0.2) is 77.6 Å². The molecule has 0 unspecified atom stereocenters. The maximum atomic E-state index is 13.5. The Hall–Kier alpha value is -4.24. The largest absolute Gasteiger partial charge is 0.478 e. The lowest BCUT2D eigenvalue weighted by Crippen LogP contribution is -2.25. The van der Waals surface area contributed by atoms with Gasteiger partial charge >= 0.3 is 12.0 Å². The Morgan fingerprint density at radius 3 is 2.26 bits per heavy atom. The van der Waals surface area contributed by atoms with Crippen LogP contribution in [-0.4, -0.2) is 26.2 Å². The van der Waals surface area contributed by atoms with Crippen molar-refractivity contribution in [2.24, 2.45) is 0 Å². The van der Waals surface area contributed by atoms with Crippen LogP contribution >= 0.6 is 12.2 Å². The second-order valence-electron chi connectivity index (χ2n) is 7.60. The Kier molecular flexibility index (Phi) is 6.55. The first-order valence-corrected chi connectivity index (χ1v) is 11.1. The summed E-state index contributed by atoms with van der Waals surface area (Å²) in [5, 5.41) is 15.0. The fraction of sp³-hybridized carbons (Fsp3) is 0.120. The van der Waals surface area contributed by atoms with Crippen molar-refractivity contribution in [1.29, 1.82) is 0 Å². The smallest absolute Gasteiger partial charge is 0.335 e. The molecule has 0 atom stereocenters. The van der Waals surface area contributed by atoms with Crippen LogP contribution in [-0.2, 0) is 6.54 Å². The fourth-order valence-corrected chi connectivity index (χ4v) is 4.06. The van der Waals surface area contributed by atoms with Crippen LogP contribution in [0.1, 0.15) is 23.7 Å². The summed E-state index contributed by atoms with van der Waals surface area (Å²) in [6.45, 7) is 2.60. The molecule has 0 aliphatic rings. The van der Waals surface area contributed by atoms with Crippen molar-refractivity contribution in [3.05, 3.63) is 93.5 Å². The molecule has 8 nitrogen and oxygen atoms in total. The maximum absolute atomic E-state index is 13.5. The molecule has 2 amide bonds. The van der Waals surface area contributed by atoms with Gasteiger partial charge in [0.25, 0.3) is 5.56 Å². The van der Waals surface area contributed by atoms with E-state index >= 15 is 0 Å². The number of para-hydroxylation sites is 1. The lowest BCUT2D eigenvalue weighted by Gasteiger charge is -2.16. The van der Waals surface area contributed by atoms with Crippen molar-refractivity contribution in [3.8, 4) is 5.69 Å². The van der Waals surface area contributed by atoms with Crippen LogP contribution < -0.4 is 16.2 Å². The maximum Gasteiger partial charge on any atom is 0.335 e. The Bertz CT molecular complexity index is 1490. The molecular weight excluding hydrogens is 452 g/mol. The molecule has 0 aliphatic carbocycles. The molecule has 0 bridgehead atoms. The molecule has 0 fully saturated rings. The van der Waals surface area contributed by atoms with Crippen molar-refractivity contribution in [2.45, 2.75) is 19.9 Å².